The van der Waals surface area contributed by atoms with Crippen LogP contribution >= 0.6 is 0 Å². The van der Waals surface area contributed by atoms with E-state index in [1.807, 2.05) is 56.3 Å². The van der Waals surface area contributed by atoms with Gasteiger partial charge in [0.05, 0.1) is 10.5 Å². The number of non-ortho nitro benzene ring substituents is 1. The lowest BCUT2D eigenvalue weighted by molar-refractivity contribution is -0.384. The van der Waals surface area contributed by atoms with Gasteiger partial charge in [0.25, 0.3) is 11.6 Å². The van der Waals surface area contributed by atoms with E-state index in [-0.39, 0.29) is 11.6 Å². The van der Waals surface area contributed by atoms with Crippen molar-refractivity contribution in [1.82, 2.24) is 0 Å². The number of carbonyl (C=O) groups is 1. The Morgan fingerprint density at radius 3 is 2.33 bits per heavy atom. The van der Waals surface area contributed by atoms with Crippen LogP contribution in [0.2, 0.25) is 0 Å². The van der Waals surface area contributed by atoms with Crippen molar-refractivity contribution in [3.8, 4) is 11.3 Å². The van der Waals surface area contributed by atoms with Gasteiger partial charge in [0.1, 0.15) is 11.5 Å². The molecule has 3 aromatic carbocycles. The SMILES string of the molecule is Cc1cc(C)cc(N2C(=O)c3ccccc3NC2c2ccc(-c3ccc([N+](=O)[O-])cc3)o2)c1. The Balaban J connectivity index is 1.58. The van der Waals surface area contributed by atoms with Gasteiger partial charge in [-0.3, -0.25) is 19.8 Å². The summed E-state index contributed by atoms with van der Waals surface area (Å²) in [6.45, 7) is 4.00. The summed E-state index contributed by atoms with van der Waals surface area (Å²) in [6, 6.07) is 23.2. The highest BCUT2D eigenvalue weighted by atomic mass is 16.6. The van der Waals surface area contributed by atoms with Crippen LogP contribution in [0.15, 0.2) is 83.3 Å². The van der Waals surface area contributed by atoms with Gasteiger partial charge >= 0.3 is 0 Å². The number of anilines is 2. The van der Waals surface area contributed by atoms with Crippen molar-refractivity contribution in [3.05, 3.63) is 111 Å². The number of para-hydroxylation sites is 1. The third-order valence-electron chi connectivity index (χ3n) is 5.67. The average Bonchev–Trinajstić information content (AvgIpc) is 3.28. The Morgan fingerprint density at radius 1 is 0.939 bits per heavy atom. The molecule has 7 nitrogen and oxygen atoms in total. The second kappa shape index (κ2) is 7.94. The number of nitrogens with one attached hydrogen (secondary N) is 1. The van der Waals surface area contributed by atoms with E-state index in [0.29, 0.717) is 22.6 Å². The van der Waals surface area contributed by atoms with Crippen LogP contribution in [0.4, 0.5) is 17.1 Å². The summed E-state index contributed by atoms with van der Waals surface area (Å²) in [4.78, 5) is 25.8. The molecule has 0 radical (unpaired) electrons. The number of rotatable bonds is 4. The number of fused-ring (bicyclic) bond motifs is 1. The van der Waals surface area contributed by atoms with Crippen molar-refractivity contribution in [2.24, 2.45) is 0 Å². The van der Waals surface area contributed by atoms with E-state index >= 15 is 0 Å². The monoisotopic (exact) mass is 439 g/mol. The van der Waals surface area contributed by atoms with E-state index in [1.54, 1.807) is 23.1 Å². The van der Waals surface area contributed by atoms with Crippen molar-refractivity contribution >= 4 is 23.0 Å². The summed E-state index contributed by atoms with van der Waals surface area (Å²) < 4.78 is 6.16. The second-order valence-corrected chi connectivity index (χ2v) is 8.12. The molecule has 0 bridgehead atoms. The molecule has 164 valence electrons. The molecule has 7 heteroatoms. The highest BCUT2D eigenvalue weighted by Gasteiger charge is 2.36. The molecule has 33 heavy (non-hydrogen) atoms. The van der Waals surface area contributed by atoms with Crippen molar-refractivity contribution in [2.75, 3.05) is 10.2 Å². The molecule has 1 aliphatic rings. The summed E-state index contributed by atoms with van der Waals surface area (Å²) in [5.74, 6) is 1.01. The fraction of sp³-hybridized carbons (Fsp3) is 0.115. The number of amides is 1. The molecule has 4 aromatic rings. The largest absolute Gasteiger partial charge is 0.457 e. The zero-order valence-corrected chi connectivity index (χ0v) is 18.1. The summed E-state index contributed by atoms with van der Waals surface area (Å²) in [5, 5.41) is 14.4. The molecule has 2 heterocycles. The van der Waals surface area contributed by atoms with Gasteiger partial charge < -0.3 is 9.73 Å². The lowest BCUT2D eigenvalue weighted by atomic mass is 10.0. The minimum absolute atomic E-state index is 0.0164. The fourth-order valence-electron chi connectivity index (χ4n) is 4.21. The Kier molecular flexibility index (Phi) is 4.94. The van der Waals surface area contributed by atoms with Crippen LogP contribution in [-0.2, 0) is 0 Å². The average molecular weight is 439 g/mol. The van der Waals surface area contributed by atoms with Crippen LogP contribution in [0.1, 0.15) is 33.4 Å². The standard InChI is InChI=1S/C26H21N3O4/c1-16-13-17(2)15-20(14-16)28-25(27-22-6-4-3-5-21(22)26(28)30)24-12-11-23(33-24)18-7-9-19(10-8-18)29(31)32/h3-15,25,27H,1-2H3. The first-order chi connectivity index (χ1) is 15.9. The van der Waals surface area contributed by atoms with Gasteiger partial charge in [-0.15, -0.1) is 0 Å². The maximum absolute atomic E-state index is 13.6. The van der Waals surface area contributed by atoms with E-state index in [4.69, 9.17) is 4.42 Å². The molecule has 1 unspecified atom stereocenters. The first kappa shape index (κ1) is 20.5. The molecule has 0 spiro atoms. The Hall–Kier alpha value is -4.39. The van der Waals surface area contributed by atoms with Gasteiger partial charge in [-0.05, 0) is 73.5 Å². The zero-order valence-electron chi connectivity index (χ0n) is 18.1. The number of furan rings is 1. The molecule has 0 fully saturated rings. The van der Waals surface area contributed by atoms with Gasteiger partial charge in [0.15, 0.2) is 6.17 Å². The highest BCUT2D eigenvalue weighted by molar-refractivity contribution is 6.12. The van der Waals surface area contributed by atoms with E-state index in [9.17, 15) is 14.9 Å². The maximum atomic E-state index is 13.6. The third-order valence-corrected chi connectivity index (χ3v) is 5.67. The maximum Gasteiger partial charge on any atom is 0.269 e. The van der Waals surface area contributed by atoms with Crippen LogP contribution < -0.4 is 10.2 Å². The van der Waals surface area contributed by atoms with Gasteiger partial charge in [-0.1, -0.05) is 18.2 Å². The quantitative estimate of drug-likeness (QED) is 0.300. The Bertz CT molecular complexity index is 1350. The molecule has 0 saturated heterocycles. The van der Waals surface area contributed by atoms with Crippen molar-refractivity contribution in [2.45, 2.75) is 20.0 Å². The second-order valence-electron chi connectivity index (χ2n) is 8.12. The molecule has 1 aromatic heterocycles. The lowest BCUT2D eigenvalue weighted by Gasteiger charge is -2.37. The van der Waals surface area contributed by atoms with E-state index < -0.39 is 11.1 Å². The molecule has 0 aliphatic carbocycles. The van der Waals surface area contributed by atoms with E-state index in [1.165, 1.54) is 12.1 Å². The van der Waals surface area contributed by atoms with Crippen LogP contribution in [0.5, 0.6) is 0 Å². The number of nitro groups is 1. The number of carbonyl (C=O) groups excluding carboxylic acids is 1. The molecular weight excluding hydrogens is 418 g/mol. The van der Waals surface area contributed by atoms with Crippen LogP contribution in [-0.4, -0.2) is 10.8 Å². The Labute approximate surface area is 190 Å². The van der Waals surface area contributed by atoms with E-state index in [2.05, 4.69) is 11.4 Å². The Morgan fingerprint density at radius 2 is 1.64 bits per heavy atom. The number of nitrogens with zero attached hydrogens (tertiary/aromatic N) is 2. The predicted molar refractivity (Wildman–Crippen MR) is 126 cm³/mol. The van der Waals surface area contributed by atoms with E-state index in [0.717, 1.165) is 22.5 Å². The zero-order chi connectivity index (χ0) is 23.1. The van der Waals surface area contributed by atoms with Gasteiger partial charge in [0.2, 0.25) is 0 Å². The van der Waals surface area contributed by atoms with Crippen molar-refractivity contribution in [1.29, 1.82) is 0 Å². The number of benzene rings is 3. The van der Waals surface area contributed by atoms with Crippen LogP contribution in [0, 0.1) is 24.0 Å². The molecule has 1 atom stereocenters. The third kappa shape index (κ3) is 3.74. The number of aryl methyl sites for hydroxylation is 2. The summed E-state index contributed by atoms with van der Waals surface area (Å²) in [6.07, 6.45) is -0.555. The molecule has 1 aliphatic heterocycles. The molecule has 1 N–H and O–H groups in total. The predicted octanol–water partition coefficient (Wildman–Crippen LogP) is 6.24. The van der Waals surface area contributed by atoms with Crippen molar-refractivity contribution in [3.63, 3.8) is 0 Å². The summed E-state index contributed by atoms with van der Waals surface area (Å²) in [7, 11) is 0. The first-order valence-corrected chi connectivity index (χ1v) is 10.5. The minimum Gasteiger partial charge on any atom is -0.457 e. The van der Waals surface area contributed by atoms with Gasteiger partial charge in [-0.2, -0.15) is 0 Å². The molecule has 1 amide bonds. The topological polar surface area (TPSA) is 88.6 Å². The first-order valence-electron chi connectivity index (χ1n) is 10.5. The van der Waals surface area contributed by atoms with Gasteiger partial charge in [0, 0.05) is 29.1 Å². The van der Waals surface area contributed by atoms with Gasteiger partial charge in [-0.25, -0.2) is 0 Å². The summed E-state index contributed by atoms with van der Waals surface area (Å²) in [5.41, 5.74) is 4.95. The number of nitro benzene ring substituents is 1. The number of hydrogen-bond acceptors (Lipinski definition) is 5. The van der Waals surface area contributed by atoms with Crippen molar-refractivity contribution < 1.29 is 14.1 Å². The normalized spacial score (nSPS) is 15.2. The van der Waals surface area contributed by atoms with Crippen LogP contribution in [0.25, 0.3) is 11.3 Å². The smallest absolute Gasteiger partial charge is 0.269 e. The number of hydrogen-bond donors (Lipinski definition) is 1. The summed E-state index contributed by atoms with van der Waals surface area (Å²) >= 11 is 0. The molecule has 5 rings (SSSR count). The fourth-order valence-corrected chi connectivity index (χ4v) is 4.21. The highest BCUT2D eigenvalue weighted by Crippen LogP contribution is 2.39. The minimum atomic E-state index is -0.555. The van der Waals surface area contributed by atoms with Crippen LogP contribution in [0.3, 0.4) is 0 Å². The lowest BCUT2D eigenvalue weighted by Crippen LogP contribution is -2.43. The molecular formula is C26H21N3O4. The molecule has 0 saturated carbocycles.